The molecular weight excluding hydrogens is 424 g/mol. The Balaban J connectivity index is 1.76. The highest BCUT2D eigenvalue weighted by Gasteiger charge is 2.19. The summed E-state index contributed by atoms with van der Waals surface area (Å²) in [5.41, 5.74) is 5.47. The number of aromatic nitrogens is 3. The van der Waals surface area contributed by atoms with Crippen molar-refractivity contribution in [3.8, 4) is 33.9 Å². The van der Waals surface area contributed by atoms with Crippen molar-refractivity contribution in [2.75, 3.05) is 27.3 Å². The quantitative estimate of drug-likeness (QED) is 0.410. The third-order valence-corrected chi connectivity index (χ3v) is 6.16. The van der Waals surface area contributed by atoms with E-state index in [1.165, 1.54) is 5.41 Å². The minimum Gasteiger partial charge on any atom is -0.497 e. The Bertz CT molecular complexity index is 1270. The number of methoxy groups -OCH3 is 1. The van der Waals surface area contributed by atoms with E-state index in [0.717, 1.165) is 39.2 Å². The maximum absolute atomic E-state index is 11.8. The maximum atomic E-state index is 11.8. The van der Waals surface area contributed by atoms with Crippen molar-refractivity contribution in [2.45, 2.75) is 0 Å². The second-order valence-corrected chi connectivity index (χ2v) is 8.53. The number of ether oxygens (including phenoxy) is 2. The second kappa shape index (κ2) is 9.76. The zero-order valence-electron chi connectivity index (χ0n) is 17.9. The average molecular weight is 449 g/mol. The molecular formula is C24H24N4O3S. The lowest BCUT2D eigenvalue weighted by Gasteiger charge is -2.15. The summed E-state index contributed by atoms with van der Waals surface area (Å²) in [4.78, 5) is 12.4. The van der Waals surface area contributed by atoms with Gasteiger partial charge in [-0.2, -0.15) is 0 Å². The number of H-pyrrole nitrogens is 1. The van der Waals surface area contributed by atoms with Crippen molar-refractivity contribution in [2.24, 2.45) is 0 Å². The summed E-state index contributed by atoms with van der Waals surface area (Å²) in [7, 11) is 2.17. The highest BCUT2D eigenvalue weighted by Crippen LogP contribution is 2.41. The molecule has 8 heteroatoms. The Morgan fingerprint density at radius 2 is 2.09 bits per heavy atom. The molecule has 0 fully saturated rings. The van der Waals surface area contributed by atoms with Crippen LogP contribution in [0.3, 0.4) is 0 Å². The summed E-state index contributed by atoms with van der Waals surface area (Å²) in [5.74, 6) is 1.39. The average Bonchev–Trinajstić information content (AvgIpc) is 3.23. The molecule has 32 heavy (non-hydrogen) atoms. The number of hydrogen-bond acceptors (Lipinski definition) is 5. The van der Waals surface area contributed by atoms with E-state index < -0.39 is 11.0 Å². The summed E-state index contributed by atoms with van der Waals surface area (Å²) < 4.78 is 25.0. The lowest BCUT2D eigenvalue weighted by molar-refractivity contribution is 0.291. The lowest BCUT2D eigenvalue weighted by Crippen LogP contribution is -2.25. The van der Waals surface area contributed by atoms with Crippen LogP contribution in [0.4, 0.5) is 0 Å². The molecule has 4 rings (SSSR count). The first-order valence-corrected chi connectivity index (χ1v) is 11.2. The number of hydrogen-bond donors (Lipinski definition) is 1. The molecule has 164 valence electrons. The van der Waals surface area contributed by atoms with Gasteiger partial charge < -0.3 is 14.5 Å². The third kappa shape index (κ3) is 4.42. The van der Waals surface area contributed by atoms with Crippen LogP contribution in [-0.4, -0.2) is 50.8 Å². The van der Waals surface area contributed by atoms with Crippen molar-refractivity contribution in [3.63, 3.8) is 0 Å². The van der Waals surface area contributed by atoms with Crippen LogP contribution in [0.2, 0.25) is 0 Å². The molecule has 0 radical (unpaired) electrons. The maximum Gasteiger partial charge on any atom is 0.146 e. The molecule has 1 aromatic carbocycles. The van der Waals surface area contributed by atoms with Crippen LogP contribution in [0, 0.1) is 0 Å². The summed E-state index contributed by atoms with van der Waals surface area (Å²) in [6.45, 7) is 4.39. The van der Waals surface area contributed by atoms with E-state index in [9.17, 15) is 4.21 Å². The fraction of sp³-hybridized carbons (Fsp3) is 0.167. The van der Waals surface area contributed by atoms with E-state index in [2.05, 4.69) is 21.5 Å². The highest BCUT2D eigenvalue weighted by molar-refractivity contribution is 7.85. The zero-order chi connectivity index (χ0) is 22.5. The topological polar surface area (TPSA) is 80.3 Å². The number of pyridine rings is 2. The van der Waals surface area contributed by atoms with Gasteiger partial charge in [0.05, 0.1) is 30.0 Å². The van der Waals surface area contributed by atoms with E-state index in [4.69, 9.17) is 9.47 Å². The Morgan fingerprint density at radius 1 is 1.22 bits per heavy atom. The fourth-order valence-electron chi connectivity index (χ4n) is 3.49. The molecule has 0 bridgehead atoms. The smallest absolute Gasteiger partial charge is 0.146 e. The largest absolute Gasteiger partial charge is 0.497 e. The zero-order valence-corrected chi connectivity index (χ0v) is 18.8. The molecule has 0 aliphatic rings. The van der Waals surface area contributed by atoms with E-state index >= 15 is 0 Å². The fourth-order valence-corrected chi connectivity index (χ4v) is 3.99. The van der Waals surface area contributed by atoms with Crippen LogP contribution in [-0.2, 0) is 11.0 Å². The van der Waals surface area contributed by atoms with Gasteiger partial charge in [0.25, 0.3) is 0 Å². The molecule has 0 spiro atoms. The predicted molar refractivity (Wildman–Crippen MR) is 128 cm³/mol. The minimum absolute atomic E-state index is 0.349. The molecule has 1 unspecified atom stereocenters. The number of nitrogens with one attached hydrogen (secondary N) is 1. The first-order chi connectivity index (χ1) is 15.6. The normalized spacial score (nSPS) is 12.1. The van der Waals surface area contributed by atoms with Gasteiger partial charge in [-0.05, 0) is 35.9 Å². The van der Waals surface area contributed by atoms with Crippen molar-refractivity contribution < 1.29 is 13.7 Å². The van der Waals surface area contributed by atoms with Crippen molar-refractivity contribution in [3.05, 3.63) is 73.0 Å². The van der Waals surface area contributed by atoms with Crippen LogP contribution in [0.15, 0.2) is 73.0 Å². The molecule has 3 heterocycles. The summed E-state index contributed by atoms with van der Waals surface area (Å²) in [6.07, 6.45) is 5.20. The molecule has 0 aliphatic carbocycles. The van der Waals surface area contributed by atoms with Gasteiger partial charge in [0.2, 0.25) is 0 Å². The van der Waals surface area contributed by atoms with E-state index in [1.807, 2.05) is 42.5 Å². The van der Waals surface area contributed by atoms with E-state index in [-0.39, 0.29) is 0 Å². The lowest BCUT2D eigenvalue weighted by atomic mass is 10.0. The first-order valence-electron chi connectivity index (χ1n) is 10.0. The number of nitrogens with zero attached hydrogens (tertiary/aromatic N) is 3. The third-order valence-electron chi connectivity index (χ3n) is 5.08. The standard InChI is InChI=1S/C24H24N4O3S/c1-4-32(29)28(2)13-14-31-21-16-25-12-10-19(21)23-22(17-7-5-8-18(15-17)30-3)24-20(27-23)9-6-11-26-24/h4-12,15-16,27H,1,13-14H2,2-3H3. The van der Waals surface area contributed by atoms with Crippen molar-refractivity contribution >= 4 is 22.0 Å². The van der Waals surface area contributed by atoms with Gasteiger partial charge >= 0.3 is 0 Å². The Morgan fingerprint density at radius 3 is 2.91 bits per heavy atom. The van der Waals surface area contributed by atoms with Gasteiger partial charge in [0.15, 0.2) is 0 Å². The summed E-state index contributed by atoms with van der Waals surface area (Å²) >= 11 is 0. The number of aromatic amines is 1. The monoisotopic (exact) mass is 448 g/mol. The molecule has 1 atom stereocenters. The van der Waals surface area contributed by atoms with Crippen LogP contribution in [0.25, 0.3) is 33.4 Å². The summed E-state index contributed by atoms with van der Waals surface area (Å²) in [5, 5.41) is 1.40. The van der Waals surface area contributed by atoms with Crippen LogP contribution in [0.1, 0.15) is 0 Å². The predicted octanol–water partition coefficient (Wildman–Crippen LogP) is 4.42. The number of likely N-dealkylation sites (N-methyl/N-ethyl adjacent to an activating group) is 1. The van der Waals surface area contributed by atoms with Gasteiger partial charge in [-0.1, -0.05) is 18.7 Å². The molecule has 3 aromatic heterocycles. The molecule has 0 aliphatic heterocycles. The molecule has 1 N–H and O–H groups in total. The number of rotatable bonds is 9. The second-order valence-electron chi connectivity index (χ2n) is 7.02. The Hall–Kier alpha value is -3.49. The van der Waals surface area contributed by atoms with Crippen LogP contribution in [0.5, 0.6) is 11.5 Å². The first kappa shape index (κ1) is 21.7. The van der Waals surface area contributed by atoms with Gasteiger partial charge in [0, 0.05) is 42.5 Å². The molecule has 4 aromatic rings. The number of benzene rings is 1. The highest BCUT2D eigenvalue weighted by atomic mass is 32.2. The number of fused-ring (bicyclic) bond motifs is 1. The SMILES string of the molecule is C=CS(=O)N(C)CCOc1cnccc1-c1[nH]c2cccnc2c1-c1cccc(OC)c1. The van der Waals surface area contributed by atoms with E-state index in [0.29, 0.717) is 18.9 Å². The van der Waals surface area contributed by atoms with Crippen molar-refractivity contribution in [1.29, 1.82) is 0 Å². The van der Waals surface area contributed by atoms with Crippen LogP contribution >= 0.6 is 0 Å². The summed E-state index contributed by atoms with van der Waals surface area (Å²) in [6, 6.07) is 13.7. The minimum atomic E-state index is -1.24. The molecule has 0 amide bonds. The molecule has 0 saturated carbocycles. The Labute approximate surface area is 189 Å². The van der Waals surface area contributed by atoms with Gasteiger partial charge in [0.1, 0.15) is 29.1 Å². The van der Waals surface area contributed by atoms with Gasteiger partial charge in [-0.15, -0.1) is 0 Å². The molecule has 7 nitrogen and oxygen atoms in total. The van der Waals surface area contributed by atoms with Gasteiger partial charge in [-0.25, -0.2) is 8.51 Å². The van der Waals surface area contributed by atoms with Crippen molar-refractivity contribution in [1.82, 2.24) is 19.3 Å². The molecule has 0 saturated heterocycles. The van der Waals surface area contributed by atoms with E-state index in [1.54, 1.807) is 37.1 Å². The van der Waals surface area contributed by atoms with Crippen LogP contribution < -0.4 is 9.47 Å². The van der Waals surface area contributed by atoms with Gasteiger partial charge in [-0.3, -0.25) is 9.97 Å². The Kier molecular flexibility index (Phi) is 6.63.